The maximum absolute atomic E-state index is 13.5. The van der Waals surface area contributed by atoms with E-state index in [1.807, 2.05) is 6.07 Å². The Morgan fingerprint density at radius 1 is 1.23 bits per heavy atom. The van der Waals surface area contributed by atoms with Gasteiger partial charge in [0.2, 0.25) is 5.91 Å². The van der Waals surface area contributed by atoms with Crippen molar-refractivity contribution in [2.45, 2.75) is 37.6 Å². The van der Waals surface area contributed by atoms with E-state index in [-0.39, 0.29) is 5.82 Å². The number of aromatic nitrogens is 1. The van der Waals surface area contributed by atoms with Crippen molar-refractivity contribution < 1.29 is 18.3 Å². The van der Waals surface area contributed by atoms with E-state index >= 15 is 0 Å². The number of alkyl halides is 2. The molecule has 2 atom stereocenters. The summed E-state index contributed by atoms with van der Waals surface area (Å²) in [5.74, 6) is -5.15. The van der Waals surface area contributed by atoms with E-state index in [2.05, 4.69) is 21.3 Å². The Labute approximate surface area is 178 Å². The van der Waals surface area contributed by atoms with Gasteiger partial charge in [-0.2, -0.15) is 0 Å². The van der Waals surface area contributed by atoms with Crippen LogP contribution in [0.2, 0.25) is 5.02 Å². The number of halogens is 3. The summed E-state index contributed by atoms with van der Waals surface area (Å²) in [5.41, 5.74) is 1.10. The molecule has 1 saturated carbocycles. The van der Waals surface area contributed by atoms with E-state index in [0.29, 0.717) is 12.0 Å². The molecule has 1 aromatic carbocycles. The van der Waals surface area contributed by atoms with Crippen molar-refractivity contribution in [2.24, 2.45) is 11.8 Å². The van der Waals surface area contributed by atoms with Crippen LogP contribution in [0, 0.1) is 11.8 Å². The average Bonchev–Trinajstić information content (AvgIpc) is 3.18. The maximum atomic E-state index is 13.5. The number of likely N-dealkylation sites (tertiary alicyclic amines) is 1. The molecule has 2 aliphatic heterocycles. The van der Waals surface area contributed by atoms with Gasteiger partial charge in [-0.25, -0.2) is 13.8 Å². The number of amides is 1. The van der Waals surface area contributed by atoms with Crippen molar-refractivity contribution in [1.82, 2.24) is 9.88 Å². The molecule has 30 heavy (non-hydrogen) atoms. The molecule has 0 bridgehead atoms. The van der Waals surface area contributed by atoms with Gasteiger partial charge < -0.3 is 10.1 Å². The fourth-order valence-electron chi connectivity index (χ4n) is 4.66. The topological polar surface area (TPSA) is 54.5 Å². The first-order valence-electron chi connectivity index (χ1n) is 10.4. The summed E-state index contributed by atoms with van der Waals surface area (Å²) in [7, 11) is 0. The van der Waals surface area contributed by atoms with Crippen LogP contribution in [0.25, 0.3) is 10.8 Å². The maximum Gasteiger partial charge on any atom is 0.263 e. The Kier molecular flexibility index (Phi) is 4.95. The van der Waals surface area contributed by atoms with E-state index < -0.39 is 23.7 Å². The highest BCUT2D eigenvalue weighted by Gasteiger charge is 2.69. The summed E-state index contributed by atoms with van der Waals surface area (Å²) in [6.45, 7) is 5.09. The van der Waals surface area contributed by atoms with Crippen molar-refractivity contribution in [2.75, 3.05) is 31.6 Å². The molecular formula is C22H24ClF2N3O2. The van der Waals surface area contributed by atoms with Crippen molar-refractivity contribution in [3.05, 3.63) is 35.0 Å². The Hall–Kier alpha value is -1.83. The van der Waals surface area contributed by atoms with E-state index in [0.717, 1.165) is 60.5 Å². The van der Waals surface area contributed by atoms with E-state index in [1.54, 1.807) is 12.3 Å². The summed E-state index contributed by atoms with van der Waals surface area (Å²) in [6, 6.07) is 6.24. The van der Waals surface area contributed by atoms with Gasteiger partial charge in [0.1, 0.15) is 11.7 Å². The second-order valence-corrected chi connectivity index (χ2v) is 9.13. The SMILES string of the molecule is C[C@H]1[C@H](C(=O)Nc2cc3cc(C4CCN(C5COC5)CC4)c(Cl)cc3cn2)C1(F)F. The molecule has 0 unspecified atom stereocenters. The van der Waals surface area contributed by atoms with Gasteiger partial charge in [-0.05, 0) is 61.0 Å². The Morgan fingerprint density at radius 2 is 1.93 bits per heavy atom. The predicted octanol–water partition coefficient (Wildman–Crippen LogP) is 4.31. The number of fused-ring (bicyclic) bond motifs is 1. The van der Waals surface area contributed by atoms with Crippen LogP contribution in [0.4, 0.5) is 14.6 Å². The molecule has 0 radical (unpaired) electrons. The van der Waals surface area contributed by atoms with Gasteiger partial charge in [0.15, 0.2) is 0 Å². The molecule has 3 heterocycles. The molecule has 1 aliphatic carbocycles. The predicted molar refractivity (Wildman–Crippen MR) is 111 cm³/mol. The number of carbonyl (C=O) groups is 1. The molecule has 2 saturated heterocycles. The summed E-state index contributed by atoms with van der Waals surface area (Å²) in [4.78, 5) is 18.8. The first kappa shape index (κ1) is 20.1. The molecule has 160 valence electrons. The van der Waals surface area contributed by atoms with Gasteiger partial charge >= 0.3 is 0 Å². The number of hydrogen-bond donors (Lipinski definition) is 1. The van der Waals surface area contributed by atoms with E-state index in [1.165, 1.54) is 6.92 Å². The number of ether oxygens (including phenoxy) is 1. The van der Waals surface area contributed by atoms with Crippen LogP contribution in [0.1, 0.15) is 31.2 Å². The number of carbonyl (C=O) groups excluding carboxylic acids is 1. The number of anilines is 1. The normalized spacial score (nSPS) is 27.1. The highest BCUT2D eigenvalue weighted by molar-refractivity contribution is 6.32. The molecule has 5 rings (SSSR count). The van der Waals surface area contributed by atoms with Gasteiger partial charge in [-0.3, -0.25) is 9.69 Å². The fraction of sp³-hybridized carbons (Fsp3) is 0.545. The second-order valence-electron chi connectivity index (χ2n) is 8.72. The van der Waals surface area contributed by atoms with Crippen LogP contribution < -0.4 is 5.32 Å². The number of piperidine rings is 1. The standard InChI is InChI=1S/C22H24ClF2N3O2/c1-12-20(22(12,24)25)21(29)27-19-8-14-6-17(18(23)7-15(14)9-26-19)13-2-4-28(5-3-13)16-10-30-11-16/h6-9,12-13,16,20H,2-5,10-11H2,1H3,(H,26,27,29)/t12-,20+/m0/s1. The average molecular weight is 436 g/mol. The van der Waals surface area contributed by atoms with Crippen LogP contribution in [-0.4, -0.2) is 54.1 Å². The zero-order valence-corrected chi connectivity index (χ0v) is 17.5. The summed E-state index contributed by atoms with van der Waals surface area (Å²) < 4.78 is 32.3. The molecule has 5 nitrogen and oxygen atoms in total. The van der Waals surface area contributed by atoms with Crippen molar-refractivity contribution in [3.63, 3.8) is 0 Å². The largest absolute Gasteiger partial charge is 0.378 e. The summed E-state index contributed by atoms with van der Waals surface area (Å²) >= 11 is 6.58. The molecule has 2 aromatic rings. The highest BCUT2D eigenvalue weighted by atomic mass is 35.5. The Balaban J connectivity index is 1.33. The van der Waals surface area contributed by atoms with Gasteiger partial charge in [-0.1, -0.05) is 18.5 Å². The molecule has 1 aromatic heterocycles. The molecule has 3 aliphatic rings. The van der Waals surface area contributed by atoms with Crippen molar-refractivity contribution in [1.29, 1.82) is 0 Å². The van der Waals surface area contributed by atoms with Gasteiger partial charge in [-0.15, -0.1) is 0 Å². The van der Waals surface area contributed by atoms with Crippen molar-refractivity contribution >= 4 is 34.1 Å². The summed E-state index contributed by atoms with van der Waals surface area (Å²) in [5, 5.41) is 5.02. The lowest BCUT2D eigenvalue weighted by Gasteiger charge is -2.41. The monoisotopic (exact) mass is 435 g/mol. The first-order valence-corrected chi connectivity index (χ1v) is 10.8. The van der Waals surface area contributed by atoms with Crippen LogP contribution in [-0.2, 0) is 9.53 Å². The first-order chi connectivity index (χ1) is 14.3. The third-order valence-electron chi connectivity index (χ3n) is 6.89. The molecule has 0 spiro atoms. The van der Waals surface area contributed by atoms with Gasteiger partial charge in [0.25, 0.3) is 5.92 Å². The van der Waals surface area contributed by atoms with E-state index in [9.17, 15) is 13.6 Å². The van der Waals surface area contributed by atoms with E-state index in [4.69, 9.17) is 16.3 Å². The Morgan fingerprint density at radius 3 is 2.53 bits per heavy atom. The molecule has 1 amide bonds. The minimum atomic E-state index is -2.93. The Bertz CT molecular complexity index is 990. The fourth-order valence-corrected chi connectivity index (χ4v) is 4.99. The second kappa shape index (κ2) is 7.39. The lowest BCUT2D eigenvalue weighted by atomic mass is 9.87. The number of hydrogen-bond acceptors (Lipinski definition) is 4. The van der Waals surface area contributed by atoms with Crippen LogP contribution >= 0.6 is 11.6 Å². The molecular weight excluding hydrogens is 412 g/mol. The smallest absolute Gasteiger partial charge is 0.263 e. The molecule has 1 N–H and O–H groups in total. The quantitative estimate of drug-likeness (QED) is 0.777. The zero-order valence-electron chi connectivity index (χ0n) is 16.7. The highest BCUT2D eigenvalue weighted by Crippen LogP contribution is 2.55. The number of benzene rings is 1. The van der Waals surface area contributed by atoms with Crippen LogP contribution in [0.3, 0.4) is 0 Å². The minimum Gasteiger partial charge on any atom is -0.378 e. The number of nitrogens with zero attached hydrogens (tertiary/aromatic N) is 2. The number of rotatable bonds is 4. The minimum absolute atomic E-state index is 0.287. The number of nitrogens with one attached hydrogen (secondary N) is 1. The lowest BCUT2D eigenvalue weighted by molar-refractivity contribution is -0.119. The van der Waals surface area contributed by atoms with Crippen LogP contribution in [0.15, 0.2) is 24.4 Å². The van der Waals surface area contributed by atoms with Gasteiger partial charge in [0.05, 0.1) is 19.3 Å². The molecule has 8 heteroatoms. The third-order valence-corrected chi connectivity index (χ3v) is 7.22. The third kappa shape index (κ3) is 3.47. The number of pyridine rings is 1. The van der Waals surface area contributed by atoms with Crippen molar-refractivity contribution in [3.8, 4) is 0 Å². The summed E-state index contributed by atoms with van der Waals surface area (Å²) in [6.07, 6.45) is 3.68. The lowest BCUT2D eigenvalue weighted by Crippen LogP contribution is -2.51. The van der Waals surface area contributed by atoms with Gasteiger partial charge in [0, 0.05) is 22.5 Å². The molecule has 3 fully saturated rings. The van der Waals surface area contributed by atoms with Crippen LogP contribution in [0.5, 0.6) is 0 Å². The zero-order chi connectivity index (χ0) is 21.0.